The summed E-state index contributed by atoms with van der Waals surface area (Å²) in [5.74, 6) is -6.14. The average Bonchev–Trinajstić information content (AvgIpc) is 3.43. The second-order valence-electron chi connectivity index (χ2n) is 11.4. The van der Waals surface area contributed by atoms with Crippen molar-refractivity contribution in [1.82, 2.24) is 26.2 Å². The van der Waals surface area contributed by atoms with Gasteiger partial charge in [-0.15, -0.1) is 0 Å². The highest BCUT2D eigenvalue weighted by Crippen LogP contribution is 2.22. The molecule has 1 heterocycles. The minimum Gasteiger partial charge on any atom is -0.481 e. The maximum Gasteiger partial charge on any atom is 0.305 e. The van der Waals surface area contributed by atoms with Crippen LogP contribution in [0.15, 0.2) is 30.3 Å². The first kappa shape index (κ1) is 37.4. The molecule has 0 unspecified atom stereocenters. The molecular weight excluding hydrogens is 602 g/mol. The van der Waals surface area contributed by atoms with Gasteiger partial charge in [0.05, 0.1) is 12.5 Å². The van der Waals surface area contributed by atoms with E-state index in [2.05, 4.69) is 21.3 Å². The highest BCUT2D eigenvalue weighted by molar-refractivity contribution is 5.95. The summed E-state index contributed by atoms with van der Waals surface area (Å²) in [4.78, 5) is 100. The maximum atomic E-state index is 13.9. The number of aryl methyl sites for hydroxylation is 1. The summed E-state index contributed by atoms with van der Waals surface area (Å²) >= 11 is 0. The van der Waals surface area contributed by atoms with Crippen molar-refractivity contribution in [2.45, 2.75) is 95.9 Å². The molecule has 15 nitrogen and oxygen atoms in total. The third-order valence-electron chi connectivity index (χ3n) is 7.74. The quantitative estimate of drug-likeness (QED) is 0.115. The number of aldehydes is 1. The number of nitrogens with one attached hydrogen (secondary N) is 4. The van der Waals surface area contributed by atoms with Crippen molar-refractivity contribution in [3.05, 3.63) is 35.9 Å². The molecule has 2 rings (SSSR count). The number of carboxylic acid groups (broad SMARTS) is 2. The van der Waals surface area contributed by atoms with Gasteiger partial charge in [-0.25, -0.2) is 0 Å². The molecule has 252 valence electrons. The number of hydrogen-bond acceptors (Lipinski definition) is 8. The van der Waals surface area contributed by atoms with Crippen LogP contribution in [0.3, 0.4) is 0 Å². The molecule has 0 saturated carbocycles. The molecule has 1 saturated heterocycles. The van der Waals surface area contributed by atoms with Crippen molar-refractivity contribution in [3.63, 3.8) is 0 Å². The summed E-state index contributed by atoms with van der Waals surface area (Å²) in [6.07, 6.45) is -0.334. The largest absolute Gasteiger partial charge is 0.481 e. The van der Waals surface area contributed by atoms with Crippen LogP contribution < -0.4 is 21.3 Å². The van der Waals surface area contributed by atoms with Crippen molar-refractivity contribution in [1.29, 1.82) is 0 Å². The zero-order valence-corrected chi connectivity index (χ0v) is 26.2. The molecular formula is C31H43N5O10. The molecule has 0 aromatic heterocycles. The van der Waals surface area contributed by atoms with Gasteiger partial charge in [0.2, 0.25) is 29.5 Å². The molecule has 1 aromatic carbocycles. The Morgan fingerprint density at radius 1 is 0.978 bits per heavy atom. The minimum atomic E-state index is -1.42. The Morgan fingerprint density at radius 3 is 2.22 bits per heavy atom. The molecule has 0 aliphatic carbocycles. The third-order valence-corrected chi connectivity index (χ3v) is 7.74. The van der Waals surface area contributed by atoms with Gasteiger partial charge >= 0.3 is 11.9 Å². The van der Waals surface area contributed by atoms with E-state index in [-0.39, 0.29) is 43.9 Å². The van der Waals surface area contributed by atoms with E-state index in [0.29, 0.717) is 12.8 Å². The maximum absolute atomic E-state index is 13.9. The van der Waals surface area contributed by atoms with Gasteiger partial charge in [-0.2, -0.15) is 0 Å². The van der Waals surface area contributed by atoms with Crippen molar-refractivity contribution in [2.24, 2.45) is 5.92 Å². The number of carbonyl (C=O) groups excluding carboxylic acids is 6. The molecule has 1 aromatic rings. The van der Waals surface area contributed by atoms with E-state index in [1.807, 2.05) is 30.3 Å². The van der Waals surface area contributed by atoms with Crippen LogP contribution in [0.4, 0.5) is 0 Å². The molecule has 15 heteroatoms. The smallest absolute Gasteiger partial charge is 0.305 e. The van der Waals surface area contributed by atoms with Gasteiger partial charge in [0.15, 0.2) is 0 Å². The second-order valence-corrected chi connectivity index (χ2v) is 11.4. The number of benzene rings is 1. The first-order valence-electron chi connectivity index (χ1n) is 15.2. The molecule has 0 spiro atoms. The number of hydrogen-bond donors (Lipinski definition) is 6. The number of carbonyl (C=O) groups is 8. The fourth-order valence-electron chi connectivity index (χ4n) is 5.14. The normalized spacial score (nSPS) is 18.3. The van der Waals surface area contributed by atoms with E-state index >= 15 is 0 Å². The Hall–Kier alpha value is -4.82. The molecule has 5 amide bonds. The number of likely N-dealkylation sites (tertiary alicyclic amines) is 1. The lowest BCUT2D eigenvalue weighted by Gasteiger charge is -2.31. The van der Waals surface area contributed by atoms with Crippen LogP contribution in [-0.2, 0) is 44.8 Å². The van der Waals surface area contributed by atoms with Gasteiger partial charge in [-0.05, 0) is 30.7 Å². The van der Waals surface area contributed by atoms with Gasteiger partial charge in [-0.1, -0.05) is 50.6 Å². The van der Waals surface area contributed by atoms with Crippen LogP contribution in [0.2, 0.25) is 0 Å². The monoisotopic (exact) mass is 645 g/mol. The number of aliphatic carboxylic acids is 2. The molecule has 1 fully saturated rings. The molecule has 0 bridgehead atoms. The fourth-order valence-corrected chi connectivity index (χ4v) is 5.14. The Bertz CT molecular complexity index is 1270. The zero-order valence-electron chi connectivity index (χ0n) is 26.2. The lowest BCUT2D eigenvalue weighted by molar-refractivity contribution is -0.144. The first-order chi connectivity index (χ1) is 21.7. The van der Waals surface area contributed by atoms with E-state index in [1.54, 1.807) is 13.8 Å². The molecule has 1 aliphatic rings. The van der Waals surface area contributed by atoms with E-state index < -0.39 is 78.6 Å². The van der Waals surface area contributed by atoms with Crippen molar-refractivity contribution < 1.29 is 48.6 Å². The van der Waals surface area contributed by atoms with E-state index in [0.717, 1.165) is 10.5 Å². The number of rotatable bonds is 18. The predicted octanol–water partition coefficient (Wildman–Crippen LogP) is -0.236. The van der Waals surface area contributed by atoms with Gasteiger partial charge in [0.25, 0.3) is 0 Å². The van der Waals surface area contributed by atoms with Gasteiger partial charge < -0.3 is 41.2 Å². The fraction of sp³-hybridized carbons (Fsp3) is 0.548. The topological polar surface area (TPSA) is 228 Å². The second kappa shape index (κ2) is 18.2. The van der Waals surface area contributed by atoms with Crippen molar-refractivity contribution in [3.8, 4) is 0 Å². The molecule has 1 aliphatic heterocycles. The third kappa shape index (κ3) is 11.9. The molecule has 46 heavy (non-hydrogen) atoms. The first-order valence-corrected chi connectivity index (χ1v) is 15.2. The van der Waals surface area contributed by atoms with Gasteiger partial charge in [-0.3, -0.25) is 33.6 Å². The summed E-state index contributed by atoms with van der Waals surface area (Å²) in [7, 11) is 0. The Morgan fingerprint density at radius 2 is 1.65 bits per heavy atom. The average molecular weight is 646 g/mol. The minimum absolute atomic E-state index is 0.0890. The predicted molar refractivity (Wildman–Crippen MR) is 163 cm³/mol. The van der Waals surface area contributed by atoms with Crippen LogP contribution in [0.1, 0.15) is 64.9 Å². The van der Waals surface area contributed by atoms with Crippen molar-refractivity contribution >= 4 is 47.8 Å². The Balaban J connectivity index is 2.33. The number of nitrogens with zero attached hydrogens (tertiary/aromatic N) is 1. The summed E-state index contributed by atoms with van der Waals surface area (Å²) in [6.45, 7) is 4.58. The summed E-state index contributed by atoms with van der Waals surface area (Å²) in [6, 6.07) is 3.42. The molecule has 6 N–H and O–H groups in total. The lowest BCUT2D eigenvalue weighted by Crippen LogP contribution is -2.58. The van der Waals surface area contributed by atoms with E-state index in [4.69, 9.17) is 5.11 Å². The number of carboxylic acids is 2. The van der Waals surface area contributed by atoms with Crippen LogP contribution >= 0.6 is 0 Å². The van der Waals surface area contributed by atoms with E-state index in [1.165, 1.54) is 6.92 Å². The molecule has 6 atom stereocenters. The summed E-state index contributed by atoms with van der Waals surface area (Å²) < 4.78 is 0. The number of amides is 5. The van der Waals surface area contributed by atoms with Crippen LogP contribution in [0.5, 0.6) is 0 Å². The summed E-state index contributed by atoms with van der Waals surface area (Å²) in [5, 5.41) is 28.6. The van der Waals surface area contributed by atoms with Crippen molar-refractivity contribution in [2.75, 3.05) is 6.54 Å². The van der Waals surface area contributed by atoms with E-state index in [9.17, 15) is 43.5 Å². The molecule has 0 radical (unpaired) electrons. The Kier molecular flexibility index (Phi) is 14.8. The van der Waals surface area contributed by atoms with Crippen LogP contribution in [0.25, 0.3) is 0 Å². The van der Waals surface area contributed by atoms with Crippen LogP contribution in [-0.4, -0.2) is 99.6 Å². The highest BCUT2D eigenvalue weighted by atomic mass is 16.4. The lowest BCUT2D eigenvalue weighted by atomic mass is 9.97. The summed E-state index contributed by atoms with van der Waals surface area (Å²) in [5.41, 5.74) is 0.934. The Labute approximate surface area is 266 Å². The van der Waals surface area contributed by atoms with Gasteiger partial charge in [0, 0.05) is 32.4 Å². The van der Waals surface area contributed by atoms with Crippen LogP contribution in [0, 0.1) is 5.92 Å². The zero-order chi connectivity index (χ0) is 34.4. The SMILES string of the molecule is CC[C@H](C)[C@H](NC(C)=O)C(=O)N[C@@H](CCC(=O)O)C(=O)N1C[C@H](NC(=O)CCc2ccccc2)C[C@H]1C(=O)N[C@H](C=O)CC(=O)O. The highest BCUT2D eigenvalue weighted by Gasteiger charge is 2.43. The van der Waals surface area contributed by atoms with Gasteiger partial charge in [0.1, 0.15) is 24.4 Å². The standard InChI is InChI=1S/C31H43N5O10/c1-4-18(2)28(32-19(3)38)30(45)35-23(11-13-26(40)41)31(46)36-16-21(33-25(39)12-10-20-8-6-5-7-9-20)14-24(36)29(44)34-22(17-37)15-27(42)43/h5-9,17-18,21-24,28H,4,10-16H2,1-3H3,(H,32,38)(H,33,39)(H,34,44)(H,35,45)(H,40,41)(H,42,43)/t18-,21+,22-,23-,24-,28-/m0/s1.